The fraction of sp³-hybridized carbons (Fsp3) is 0.0625. The molecule has 0 radical (unpaired) electrons. The highest BCUT2D eigenvalue weighted by Gasteiger charge is 2.22. The van der Waals surface area contributed by atoms with Gasteiger partial charge in [-0.05, 0) is 12.1 Å². The number of hydrogen-bond acceptors (Lipinski definition) is 2. The van der Waals surface area contributed by atoms with Crippen LogP contribution in [0, 0.1) is 5.82 Å². The van der Waals surface area contributed by atoms with Crippen molar-refractivity contribution in [3.63, 3.8) is 0 Å². The average molecular weight is 302 g/mol. The molecule has 21 heavy (non-hydrogen) atoms. The van der Waals surface area contributed by atoms with E-state index in [-0.39, 0.29) is 5.56 Å². The van der Waals surface area contributed by atoms with Gasteiger partial charge in [-0.2, -0.15) is 5.10 Å². The van der Waals surface area contributed by atoms with Crippen molar-refractivity contribution in [3.8, 4) is 22.4 Å². The van der Waals surface area contributed by atoms with Crippen molar-refractivity contribution in [1.29, 1.82) is 0 Å². The summed E-state index contributed by atoms with van der Waals surface area (Å²) in [7, 11) is 1.72. The van der Waals surface area contributed by atoms with E-state index in [0.29, 0.717) is 22.1 Å². The number of aryl methyl sites for hydroxylation is 1. The molecule has 0 bridgehead atoms. The lowest BCUT2D eigenvalue weighted by atomic mass is 10.0. The highest BCUT2D eigenvalue weighted by molar-refractivity contribution is 6.33. The molecular weight excluding hydrogens is 289 g/mol. The van der Waals surface area contributed by atoms with Crippen LogP contribution >= 0.6 is 11.6 Å². The van der Waals surface area contributed by atoms with Crippen molar-refractivity contribution in [2.24, 2.45) is 7.05 Å². The van der Waals surface area contributed by atoms with Gasteiger partial charge in [0.05, 0.1) is 10.6 Å². The maximum Gasteiger partial charge on any atom is 0.132 e. The van der Waals surface area contributed by atoms with E-state index in [0.717, 1.165) is 5.56 Å². The molecule has 3 aromatic rings. The second kappa shape index (κ2) is 5.22. The lowest BCUT2D eigenvalue weighted by Crippen LogP contribution is -1.98. The minimum Gasteiger partial charge on any atom is -0.383 e. The Kier molecular flexibility index (Phi) is 3.39. The Morgan fingerprint density at radius 2 is 1.76 bits per heavy atom. The summed E-state index contributed by atoms with van der Waals surface area (Å²) in [6.45, 7) is 0. The fourth-order valence-corrected chi connectivity index (χ4v) is 2.58. The molecule has 0 saturated carbocycles. The standard InChI is InChI=1S/C16H13ClFN3/c1-21-16(19)14(13-11(17)8-5-9-12(13)18)15(20-21)10-6-3-2-4-7-10/h2-9H,19H2,1H3. The normalized spacial score (nSPS) is 10.8. The Morgan fingerprint density at radius 1 is 1.05 bits per heavy atom. The number of rotatable bonds is 2. The molecule has 0 aliphatic carbocycles. The molecule has 2 N–H and O–H groups in total. The Balaban J connectivity index is 2.33. The van der Waals surface area contributed by atoms with Crippen molar-refractivity contribution < 1.29 is 4.39 Å². The predicted molar refractivity (Wildman–Crippen MR) is 83.5 cm³/mol. The number of aromatic nitrogens is 2. The topological polar surface area (TPSA) is 43.8 Å². The van der Waals surface area contributed by atoms with Gasteiger partial charge in [-0.3, -0.25) is 4.68 Å². The van der Waals surface area contributed by atoms with Crippen LogP contribution < -0.4 is 5.73 Å². The van der Waals surface area contributed by atoms with E-state index in [9.17, 15) is 4.39 Å². The summed E-state index contributed by atoms with van der Waals surface area (Å²) in [5.41, 5.74) is 8.36. The number of nitrogens with two attached hydrogens (primary N) is 1. The molecule has 0 aliphatic rings. The van der Waals surface area contributed by atoms with Crippen LogP contribution in [0.25, 0.3) is 22.4 Å². The monoisotopic (exact) mass is 301 g/mol. The molecule has 3 nitrogen and oxygen atoms in total. The van der Waals surface area contributed by atoms with Gasteiger partial charge in [-0.15, -0.1) is 0 Å². The van der Waals surface area contributed by atoms with Crippen LogP contribution in [-0.2, 0) is 7.05 Å². The molecule has 0 saturated heterocycles. The molecule has 2 aromatic carbocycles. The summed E-state index contributed by atoms with van der Waals surface area (Å²) in [5.74, 6) is -0.0414. The smallest absolute Gasteiger partial charge is 0.132 e. The van der Waals surface area contributed by atoms with Gasteiger partial charge in [0.15, 0.2) is 0 Å². The highest BCUT2D eigenvalue weighted by atomic mass is 35.5. The first-order chi connectivity index (χ1) is 10.1. The number of halogens is 2. The minimum atomic E-state index is -0.417. The zero-order chi connectivity index (χ0) is 15.0. The molecule has 1 aromatic heterocycles. The molecule has 0 aliphatic heterocycles. The summed E-state index contributed by atoms with van der Waals surface area (Å²) in [6.07, 6.45) is 0. The molecule has 5 heteroatoms. The van der Waals surface area contributed by atoms with Gasteiger partial charge in [0.25, 0.3) is 0 Å². The van der Waals surface area contributed by atoms with Gasteiger partial charge in [0.2, 0.25) is 0 Å². The third-order valence-electron chi connectivity index (χ3n) is 3.35. The van der Waals surface area contributed by atoms with Gasteiger partial charge in [0, 0.05) is 18.2 Å². The molecular formula is C16H13ClFN3. The molecule has 3 rings (SSSR count). The molecule has 0 atom stereocenters. The SMILES string of the molecule is Cn1nc(-c2ccccc2)c(-c2c(F)cccc2Cl)c1N. The third kappa shape index (κ3) is 2.28. The molecule has 0 amide bonds. The van der Waals surface area contributed by atoms with Crippen molar-refractivity contribution >= 4 is 17.4 Å². The number of benzene rings is 2. The first kappa shape index (κ1) is 13.6. The van der Waals surface area contributed by atoms with Gasteiger partial charge in [-0.1, -0.05) is 48.0 Å². The Morgan fingerprint density at radius 3 is 2.43 bits per heavy atom. The Labute approximate surface area is 126 Å². The predicted octanol–water partition coefficient (Wildman–Crippen LogP) is 4.13. The Bertz CT molecular complexity index is 777. The van der Waals surface area contributed by atoms with Gasteiger partial charge in [-0.25, -0.2) is 4.39 Å². The molecule has 0 unspecified atom stereocenters. The summed E-state index contributed by atoms with van der Waals surface area (Å²) < 4.78 is 15.8. The van der Waals surface area contributed by atoms with Crippen LogP contribution in [0.1, 0.15) is 0 Å². The molecule has 0 fully saturated rings. The van der Waals surface area contributed by atoms with Crippen molar-refractivity contribution in [3.05, 3.63) is 59.4 Å². The van der Waals surface area contributed by atoms with Crippen molar-refractivity contribution in [2.45, 2.75) is 0 Å². The summed E-state index contributed by atoms with van der Waals surface area (Å²) in [5, 5.41) is 4.72. The third-order valence-corrected chi connectivity index (χ3v) is 3.67. The quantitative estimate of drug-likeness (QED) is 0.773. The second-order valence-corrected chi connectivity index (χ2v) is 5.10. The largest absolute Gasteiger partial charge is 0.383 e. The van der Waals surface area contributed by atoms with E-state index < -0.39 is 5.82 Å². The number of nitrogen functional groups attached to an aromatic ring is 1. The zero-order valence-corrected chi connectivity index (χ0v) is 12.1. The minimum absolute atomic E-state index is 0.281. The van der Waals surface area contributed by atoms with Gasteiger partial charge < -0.3 is 5.73 Å². The van der Waals surface area contributed by atoms with Crippen molar-refractivity contribution in [1.82, 2.24) is 9.78 Å². The Hall–Kier alpha value is -2.33. The van der Waals surface area contributed by atoms with Gasteiger partial charge in [0.1, 0.15) is 17.3 Å². The van der Waals surface area contributed by atoms with Crippen LogP contribution in [0.3, 0.4) is 0 Å². The van der Waals surface area contributed by atoms with E-state index in [1.807, 2.05) is 30.3 Å². The molecule has 106 valence electrons. The van der Waals surface area contributed by atoms with Crippen LogP contribution in [0.2, 0.25) is 5.02 Å². The molecule has 1 heterocycles. The van der Waals surface area contributed by atoms with E-state index in [1.54, 1.807) is 19.2 Å². The van der Waals surface area contributed by atoms with Crippen LogP contribution in [-0.4, -0.2) is 9.78 Å². The van der Waals surface area contributed by atoms with Gasteiger partial charge >= 0.3 is 0 Å². The van der Waals surface area contributed by atoms with Crippen LogP contribution in [0.15, 0.2) is 48.5 Å². The maximum atomic E-state index is 14.2. The average Bonchev–Trinajstić information content (AvgIpc) is 2.77. The lowest BCUT2D eigenvalue weighted by molar-refractivity contribution is 0.631. The van der Waals surface area contributed by atoms with E-state index in [2.05, 4.69) is 5.10 Å². The van der Waals surface area contributed by atoms with E-state index in [4.69, 9.17) is 17.3 Å². The summed E-state index contributed by atoms with van der Waals surface area (Å²) in [6, 6.07) is 14.1. The fourth-order valence-electron chi connectivity index (χ4n) is 2.32. The van der Waals surface area contributed by atoms with Crippen LogP contribution in [0.4, 0.5) is 10.2 Å². The number of nitrogens with zero attached hydrogens (tertiary/aromatic N) is 2. The van der Waals surface area contributed by atoms with Crippen molar-refractivity contribution in [2.75, 3.05) is 5.73 Å². The maximum absolute atomic E-state index is 14.2. The zero-order valence-electron chi connectivity index (χ0n) is 11.3. The molecule has 0 spiro atoms. The summed E-state index contributed by atoms with van der Waals surface area (Å²) in [4.78, 5) is 0. The number of anilines is 1. The van der Waals surface area contributed by atoms with Crippen LogP contribution in [0.5, 0.6) is 0 Å². The van der Waals surface area contributed by atoms with E-state index in [1.165, 1.54) is 10.7 Å². The first-order valence-corrected chi connectivity index (χ1v) is 6.79. The lowest BCUT2D eigenvalue weighted by Gasteiger charge is -2.08. The first-order valence-electron chi connectivity index (χ1n) is 6.42. The van der Waals surface area contributed by atoms with E-state index >= 15 is 0 Å². The number of hydrogen-bond donors (Lipinski definition) is 1. The second-order valence-electron chi connectivity index (χ2n) is 4.70. The highest BCUT2D eigenvalue weighted by Crippen LogP contribution is 2.40. The summed E-state index contributed by atoms with van der Waals surface area (Å²) >= 11 is 6.17.